The Morgan fingerprint density at radius 3 is 2.65 bits per heavy atom. The number of thiophene rings is 1. The highest BCUT2D eigenvalue weighted by atomic mass is 35.5. The molecule has 1 aromatic heterocycles. The third-order valence-corrected chi connectivity index (χ3v) is 5.68. The number of hydrogen-bond donors (Lipinski definition) is 1. The summed E-state index contributed by atoms with van der Waals surface area (Å²) in [4.78, 5) is 26.1. The zero-order valence-corrected chi connectivity index (χ0v) is 14.2. The molecule has 0 saturated carbocycles. The molecule has 0 spiro atoms. The van der Waals surface area contributed by atoms with Gasteiger partial charge >= 0.3 is 6.09 Å². The lowest BCUT2D eigenvalue weighted by Gasteiger charge is -2.31. The molecule has 2 heterocycles. The van der Waals surface area contributed by atoms with Crippen LogP contribution in [0.2, 0.25) is 5.02 Å². The molecule has 122 valence electrons. The van der Waals surface area contributed by atoms with Gasteiger partial charge in [0.05, 0.1) is 12.1 Å². The van der Waals surface area contributed by atoms with Gasteiger partial charge in [-0.15, -0.1) is 11.3 Å². The second-order valence-corrected chi connectivity index (χ2v) is 6.88. The fraction of sp³-hybridized carbons (Fsp3) is 0.375. The summed E-state index contributed by atoms with van der Waals surface area (Å²) >= 11 is 7.73. The van der Waals surface area contributed by atoms with E-state index in [1.54, 1.807) is 4.90 Å². The maximum absolute atomic E-state index is 12.5. The van der Waals surface area contributed by atoms with Crippen molar-refractivity contribution in [2.75, 3.05) is 20.2 Å². The highest BCUT2D eigenvalue weighted by molar-refractivity contribution is 7.21. The van der Waals surface area contributed by atoms with Gasteiger partial charge in [-0.05, 0) is 18.9 Å². The van der Waals surface area contributed by atoms with E-state index in [9.17, 15) is 9.59 Å². The Kier molecular flexibility index (Phi) is 4.73. The second-order valence-electron chi connectivity index (χ2n) is 5.45. The monoisotopic (exact) mass is 352 g/mol. The maximum Gasteiger partial charge on any atom is 0.409 e. The predicted molar refractivity (Wildman–Crippen MR) is 91.3 cm³/mol. The van der Waals surface area contributed by atoms with Crippen LogP contribution in [0.25, 0.3) is 10.1 Å². The van der Waals surface area contributed by atoms with Gasteiger partial charge in [0, 0.05) is 29.2 Å². The molecule has 1 fully saturated rings. The molecule has 1 aliphatic rings. The average Bonchev–Trinajstić information content (AvgIpc) is 2.92. The number of methoxy groups -OCH3 is 1. The number of rotatable bonds is 2. The Balaban J connectivity index is 1.65. The van der Waals surface area contributed by atoms with Crippen LogP contribution in [0.1, 0.15) is 22.5 Å². The molecule has 2 aromatic rings. The molecule has 1 saturated heterocycles. The third kappa shape index (κ3) is 3.28. The molecule has 0 aliphatic carbocycles. The van der Waals surface area contributed by atoms with Crippen LogP contribution in [0.5, 0.6) is 0 Å². The first-order chi connectivity index (χ1) is 11.1. The van der Waals surface area contributed by atoms with Gasteiger partial charge in [-0.3, -0.25) is 4.79 Å². The molecule has 7 heteroatoms. The highest BCUT2D eigenvalue weighted by Crippen LogP contribution is 2.35. The van der Waals surface area contributed by atoms with Crippen molar-refractivity contribution in [3.05, 3.63) is 34.2 Å². The van der Waals surface area contributed by atoms with Crippen LogP contribution >= 0.6 is 22.9 Å². The van der Waals surface area contributed by atoms with E-state index in [-0.39, 0.29) is 18.0 Å². The first-order valence-electron chi connectivity index (χ1n) is 7.41. The molecule has 2 amide bonds. The molecule has 1 aromatic carbocycles. The molecule has 0 bridgehead atoms. The first kappa shape index (κ1) is 16.1. The smallest absolute Gasteiger partial charge is 0.409 e. The minimum atomic E-state index is -0.317. The topological polar surface area (TPSA) is 58.6 Å². The van der Waals surface area contributed by atoms with E-state index in [0.29, 0.717) is 35.8 Å². The SMILES string of the molecule is COC(=O)N1CCC(NC(=O)c2sc3ccccc3c2Cl)CC1. The number of carbonyl (C=O) groups excluding carboxylic acids is 2. The zero-order chi connectivity index (χ0) is 16.4. The molecule has 0 unspecified atom stereocenters. The molecule has 1 N–H and O–H groups in total. The maximum atomic E-state index is 12.5. The van der Waals surface area contributed by atoms with Gasteiger partial charge in [0.25, 0.3) is 5.91 Å². The van der Waals surface area contributed by atoms with E-state index in [1.807, 2.05) is 24.3 Å². The summed E-state index contributed by atoms with van der Waals surface area (Å²) in [6.45, 7) is 1.16. The number of benzene rings is 1. The average molecular weight is 353 g/mol. The number of likely N-dealkylation sites (tertiary alicyclic amines) is 1. The van der Waals surface area contributed by atoms with Crippen molar-refractivity contribution in [1.29, 1.82) is 0 Å². The molecule has 0 atom stereocenters. The lowest BCUT2D eigenvalue weighted by Crippen LogP contribution is -2.46. The van der Waals surface area contributed by atoms with Crippen molar-refractivity contribution in [2.45, 2.75) is 18.9 Å². The molecule has 23 heavy (non-hydrogen) atoms. The van der Waals surface area contributed by atoms with Crippen LogP contribution in [-0.4, -0.2) is 43.1 Å². The number of nitrogens with zero attached hydrogens (tertiary/aromatic N) is 1. The normalized spacial score (nSPS) is 15.7. The highest BCUT2D eigenvalue weighted by Gasteiger charge is 2.26. The van der Waals surface area contributed by atoms with Crippen molar-refractivity contribution in [1.82, 2.24) is 10.2 Å². The summed E-state index contributed by atoms with van der Waals surface area (Å²) in [5.74, 6) is -0.146. The number of carbonyl (C=O) groups is 2. The molecule has 3 rings (SSSR count). The van der Waals surface area contributed by atoms with Crippen molar-refractivity contribution in [3.8, 4) is 0 Å². The van der Waals surface area contributed by atoms with E-state index >= 15 is 0 Å². The van der Waals surface area contributed by atoms with Crippen molar-refractivity contribution >= 4 is 45.0 Å². The van der Waals surface area contributed by atoms with Gasteiger partial charge < -0.3 is 15.0 Å². The molecular formula is C16H17ClN2O3S. The fourth-order valence-electron chi connectivity index (χ4n) is 2.75. The summed E-state index contributed by atoms with van der Waals surface area (Å²) in [7, 11) is 1.37. The Morgan fingerprint density at radius 1 is 1.30 bits per heavy atom. The van der Waals surface area contributed by atoms with Gasteiger partial charge in [-0.25, -0.2) is 4.79 Å². The summed E-state index contributed by atoms with van der Waals surface area (Å²) in [5.41, 5.74) is 0. The Morgan fingerprint density at radius 2 is 2.00 bits per heavy atom. The Hall–Kier alpha value is -1.79. The Labute approximate surface area is 143 Å². The molecular weight excluding hydrogens is 336 g/mol. The molecule has 5 nitrogen and oxygen atoms in total. The lowest BCUT2D eigenvalue weighted by atomic mass is 10.1. The van der Waals surface area contributed by atoms with Gasteiger partial charge in [-0.2, -0.15) is 0 Å². The molecule has 1 aliphatic heterocycles. The van der Waals surface area contributed by atoms with Gasteiger partial charge in [0.15, 0.2) is 0 Å². The summed E-state index contributed by atoms with van der Waals surface area (Å²) in [5, 5.41) is 4.44. The molecule has 0 radical (unpaired) electrons. The second kappa shape index (κ2) is 6.76. The quantitative estimate of drug-likeness (QED) is 0.899. The van der Waals surface area contributed by atoms with Crippen LogP contribution in [0.15, 0.2) is 24.3 Å². The summed E-state index contributed by atoms with van der Waals surface area (Å²) < 4.78 is 5.71. The van der Waals surface area contributed by atoms with Crippen LogP contribution < -0.4 is 5.32 Å². The van der Waals surface area contributed by atoms with Crippen molar-refractivity contribution < 1.29 is 14.3 Å². The zero-order valence-electron chi connectivity index (χ0n) is 12.7. The first-order valence-corrected chi connectivity index (χ1v) is 8.60. The number of fused-ring (bicyclic) bond motifs is 1. The van der Waals surface area contributed by atoms with E-state index in [2.05, 4.69) is 5.32 Å². The number of ether oxygens (including phenoxy) is 1. The van der Waals surface area contributed by atoms with E-state index < -0.39 is 0 Å². The minimum Gasteiger partial charge on any atom is -0.453 e. The van der Waals surface area contributed by atoms with Gasteiger partial charge in [-0.1, -0.05) is 29.8 Å². The number of hydrogen-bond acceptors (Lipinski definition) is 4. The van der Waals surface area contributed by atoms with Crippen LogP contribution in [-0.2, 0) is 4.74 Å². The van der Waals surface area contributed by atoms with Crippen molar-refractivity contribution in [3.63, 3.8) is 0 Å². The number of nitrogens with one attached hydrogen (secondary N) is 1. The predicted octanol–water partition coefficient (Wildman–Crippen LogP) is 3.52. The summed E-state index contributed by atoms with van der Waals surface area (Å²) in [6, 6.07) is 7.76. The van der Waals surface area contributed by atoms with Crippen LogP contribution in [0, 0.1) is 0 Å². The Bertz CT molecular complexity index is 738. The summed E-state index contributed by atoms with van der Waals surface area (Å²) in [6.07, 6.45) is 1.11. The lowest BCUT2D eigenvalue weighted by molar-refractivity contribution is 0.0896. The van der Waals surface area contributed by atoms with E-state index in [0.717, 1.165) is 10.1 Å². The van der Waals surface area contributed by atoms with E-state index in [1.165, 1.54) is 18.4 Å². The largest absolute Gasteiger partial charge is 0.453 e. The van der Waals surface area contributed by atoms with Crippen molar-refractivity contribution in [2.24, 2.45) is 0 Å². The number of piperidine rings is 1. The number of amides is 2. The van der Waals surface area contributed by atoms with Gasteiger partial charge in [0.1, 0.15) is 4.88 Å². The van der Waals surface area contributed by atoms with Gasteiger partial charge in [0.2, 0.25) is 0 Å². The van der Waals surface area contributed by atoms with Crippen LogP contribution in [0.3, 0.4) is 0 Å². The standard InChI is InChI=1S/C16H17ClN2O3S/c1-22-16(21)19-8-6-10(7-9-19)18-15(20)14-13(17)11-4-2-3-5-12(11)23-14/h2-5,10H,6-9H2,1H3,(H,18,20). The third-order valence-electron chi connectivity index (χ3n) is 4.00. The van der Waals surface area contributed by atoms with E-state index in [4.69, 9.17) is 16.3 Å². The number of halogens is 1. The fourth-order valence-corrected chi connectivity index (χ4v) is 4.17. The van der Waals surface area contributed by atoms with Crippen LogP contribution in [0.4, 0.5) is 4.79 Å². The minimum absolute atomic E-state index is 0.0460.